The number of carbonyl (C=O) groups is 2. The molecule has 1 fully saturated rings. The third-order valence-electron chi connectivity index (χ3n) is 5.48. The van der Waals surface area contributed by atoms with E-state index in [1.165, 1.54) is 5.69 Å². The Morgan fingerprint density at radius 3 is 2.37 bits per heavy atom. The molecule has 0 atom stereocenters. The minimum absolute atomic E-state index is 0.187. The number of aromatic nitrogens is 1. The van der Waals surface area contributed by atoms with Crippen molar-refractivity contribution in [1.29, 1.82) is 0 Å². The topological polar surface area (TPSA) is 110 Å². The number of piperazine rings is 1. The van der Waals surface area contributed by atoms with Gasteiger partial charge in [0.2, 0.25) is 0 Å². The average molecular weight is 541 g/mol. The molecule has 0 bridgehead atoms. The number of likely N-dealkylation sites (N-methyl/N-ethyl adjacent to an activating group) is 1. The summed E-state index contributed by atoms with van der Waals surface area (Å²) in [5.41, 5.74) is 1.97. The first-order valence-electron chi connectivity index (χ1n) is 12.1. The molecular formula is C25H35F3N6O4. The number of urea groups is 1. The molecule has 38 heavy (non-hydrogen) atoms. The standard InChI is InChI=1S/C23H34N6O2.C2HF3O2/c1-27(2)17-18-31-22-6-3-5-20(19-22)26-23(30)25-9-4-12-28-13-15-29(16-14-28)21-7-10-24-11-8-21;3-2(4,5)1(6)7/h3,5-8,10-11,19H,4,9,12-18H2,1-2H3,(H2,25,26,30);(H,6,7). The number of halogens is 3. The summed E-state index contributed by atoms with van der Waals surface area (Å²) in [5, 5.41) is 12.9. The minimum Gasteiger partial charge on any atom is -0.492 e. The summed E-state index contributed by atoms with van der Waals surface area (Å²) < 4.78 is 37.5. The summed E-state index contributed by atoms with van der Waals surface area (Å²) in [6, 6.07) is 11.4. The maximum absolute atomic E-state index is 12.2. The largest absolute Gasteiger partial charge is 0.492 e. The monoisotopic (exact) mass is 540 g/mol. The summed E-state index contributed by atoms with van der Waals surface area (Å²) in [4.78, 5) is 32.1. The number of rotatable bonds is 10. The van der Waals surface area contributed by atoms with E-state index in [4.69, 9.17) is 14.6 Å². The van der Waals surface area contributed by atoms with Crippen molar-refractivity contribution in [3.8, 4) is 5.75 Å². The Labute approximate surface area is 220 Å². The molecule has 10 nitrogen and oxygen atoms in total. The lowest BCUT2D eigenvalue weighted by molar-refractivity contribution is -0.192. The highest BCUT2D eigenvalue weighted by atomic mass is 19.4. The van der Waals surface area contributed by atoms with Crippen LogP contribution >= 0.6 is 0 Å². The van der Waals surface area contributed by atoms with Gasteiger partial charge >= 0.3 is 18.2 Å². The fourth-order valence-electron chi connectivity index (χ4n) is 3.47. The highest BCUT2D eigenvalue weighted by molar-refractivity contribution is 5.89. The number of carboxylic acid groups (broad SMARTS) is 1. The number of ether oxygens (including phenoxy) is 1. The molecule has 2 aromatic rings. The zero-order chi connectivity index (χ0) is 28.0. The molecule has 210 valence electrons. The first kappa shape index (κ1) is 30.6. The predicted molar refractivity (Wildman–Crippen MR) is 139 cm³/mol. The smallest absolute Gasteiger partial charge is 0.490 e. The Kier molecular flexibility index (Phi) is 12.6. The number of pyridine rings is 1. The molecule has 1 aromatic carbocycles. The number of carbonyl (C=O) groups excluding carboxylic acids is 1. The number of aliphatic carboxylic acids is 1. The highest BCUT2D eigenvalue weighted by Crippen LogP contribution is 2.17. The maximum atomic E-state index is 12.2. The van der Waals surface area contributed by atoms with Gasteiger partial charge in [-0.3, -0.25) is 9.88 Å². The maximum Gasteiger partial charge on any atom is 0.490 e. The molecule has 13 heteroatoms. The van der Waals surface area contributed by atoms with Crippen molar-refractivity contribution < 1.29 is 32.6 Å². The van der Waals surface area contributed by atoms with E-state index >= 15 is 0 Å². The van der Waals surface area contributed by atoms with Crippen LogP contribution in [-0.4, -0.2) is 105 Å². The second-order valence-corrected chi connectivity index (χ2v) is 8.75. The SMILES string of the molecule is CN(C)CCOc1cccc(NC(=O)NCCCN2CCN(c3ccncc3)CC2)c1.O=C(O)C(F)(F)F. The lowest BCUT2D eigenvalue weighted by atomic mass is 10.2. The molecule has 1 saturated heterocycles. The van der Waals surface area contributed by atoms with Crippen molar-refractivity contribution in [3.05, 3.63) is 48.8 Å². The average Bonchev–Trinajstić information content (AvgIpc) is 2.87. The van der Waals surface area contributed by atoms with Crippen molar-refractivity contribution in [2.75, 3.05) is 76.7 Å². The second-order valence-electron chi connectivity index (χ2n) is 8.75. The van der Waals surface area contributed by atoms with Crippen molar-refractivity contribution in [3.63, 3.8) is 0 Å². The van der Waals surface area contributed by atoms with Crippen LogP contribution in [-0.2, 0) is 4.79 Å². The normalized spacial score (nSPS) is 13.9. The molecule has 0 radical (unpaired) electrons. The van der Waals surface area contributed by atoms with Gasteiger partial charge in [-0.1, -0.05) is 6.07 Å². The molecule has 0 spiro atoms. The van der Waals surface area contributed by atoms with Gasteiger partial charge in [-0.15, -0.1) is 0 Å². The van der Waals surface area contributed by atoms with Gasteiger partial charge in [-0.25, -0.2) is 9.59 Å². The number of alkyl halides is 3. The van der Waals surface area contributed by atoms with Gasteiger partial charge in [-0.2, -0.15) is 13.2 Å². The lowest BCUT2D eigenvalue weighted by Crippen LogP contribution is -2.47. The van der Waals surface area contributed by atoms with Crippen molar-refractivity contribution in [1.82, 2.24) is 20.1 Å². The van der Waals surface area contributed by atoms with E-state index in [0.717, 1.165) is 57.1 Å². The predicted octanol–water partition coefficient (Wildman–Crippen LogP) is 2.99. The van der Waals surface area contributed by atoms with Crippen LogP contribution in [0.5, 0.6) is 5.75 Å². The number of carboxylic acids is 1. The quantitative estimate of drug-likeness (QED) is 0.395. The van der Waals surface area contributed by atoms with Crippen molar-refractivity contribution in [2.45, 2.75) is 12.6 Å². The van der Waals surface area contributed by atoms with E-state index in [2.05, 4.69) is 42.5 Å². The van der Waals surface area contributed by atoms with Gasteiger partial charge < -0.3 is 30.3 Å². The first-order valence-corrected chi connectivity index (χ1v) is 12.1. The Hall–Kier alpha value is -3.58. The number of hydrogen-bond acceptors (Lipinski definition) is 7. The zero-order valence-electron chi connectivity index (χ0n) is 21.6. The molecule has 1 aliphatic heterocycles. The van der Waals surface area contributed by atoms with Gasteiger partial charge in [0.1, 0.15) is 12.4 Å². The number of nitrogens with zero attached hydrogens (tertiary/aromatic N) is 4. The minimum atomic E-state index is -5.08. The van der Waals surface area contributed by atoms with Crippen LogP contribution in [0.4, 0.5) is 29.3 Å². The van der Waals surface area contributed by atoms with Crippen LogP contribution in [0.25, 0.3) is 0 Å². The molecule has 2 amide bonds. The van der Waals surface area contributed by atoms with Crippen molar-refractivity contribution in [2.24, 2.45) is 0 Å². The van der Waals surface area contributed by atoms with E-state index in [1.54, 1.807) is 0 Å². The van der Waals surface area contributed by atoms with Crippen LogP contribution in [0.15, 0.2) is 48.8 Å². The van der Waals surface area contributed by atoms with E-state index in [-0.39, 0.29) is 6.03 Å². The fraction of sp³-hybridized carbons (Fsp3) is 0.480. The number of nitrogens with one attached hydrogen (secondary N) is 2. The molecule has 0 aliphatic carbocycles. The summed E-state index contributed by atoms with van der Waals surface area (Å²) in [6.07, 6.45) is -0.476. The van der Waals surface area contributed by atoms with E-state index in [9.17, 15) is 18.0 Å². The number of hydrogen-bond donors (Lipinski definition) is 3. The fourth-order valence-corrected chi connectivity index (χ4v) is 3.47. The van der Waals surface area contributed by atoms with Crippen LogP contribution in [0.1, 0.15) is 6.42 Å². The number of benzene rings is 1. The van der Waals surface area contributed by atoms with Gasteiger partial charge in [0, 0.05) is 69.1 Å². The van der Waals surface area contributed by atoms with E-state index in [0.29, 0.717) is 13.2 Å². The van der Waals surface area contributed by atoms with Gasteiger partial charge in [-0.05, 0) is 51.3 Å². The molecule has 0 saturated carbocycles. The summed E-state index contributed by atoms with van der Waals surface area (Å²) in [5.74, 6) is -2.00. The Bertz CT molecular complexity index is 987. The van der Waals surface area contributed by atoms with Crippen LogP contribution in [0.3, 0.4) is 0 Å². The highest BCUT2D eigenvalue weighted by Gasteiger charge is 2.38. The number of amides is 2. The summed E-state index contributed by atoms with van der Waals surface area (Å²) in [7, 11) is 4.02. The van der Waals surface area contributed by atoms with Crippen LogP contribution in [0.2, 0.25) is 0 Å². The molecule has 1 aliphatic rings. The van der Waals surface area contributed by atoms with E-state index in [1.807, 2.05) is 50.8 Å². The molecule has 2 heterocycles. The molecule has 3 N–H and O–H groups in total. The Morgan fingerprint density at radius 1 is 1.11 bits per heavy atom. The summed E-state index contributed by atoms with van der Waals surface area (Å²) in [6.45, 7) is 7.20. The Balaban J connectivity index is 0.000000638. The van der Waals surface area contributed by atoms with Gasteiger partial charge in [0.05, 0.1) is 0 Å². The van der Waals surface area contributed by atoms with Crippen LogP contribution in [0, 0.1) is 0 Å². The molecular weight excluding hydrogens is 505 g/mol. The van der Waals surface area contributed by atoms with Crippen LogP contribution < -0.4 is 20.3 Å². The molecule has 0 unspecified atom stereocenters. The third-order valence-corrected chi connectivity index (χ3v) is 5.48. The third kappa shape index (κ3) is 12.1. The molecule has 1 aromatic heterocycles. The van der Waals surface area contributed by atoms with Gasteiger partial charge in [0.25, 0.3) is 0 Å². The van der Waals surface area contributed by atoms with Gasteiger partial charge in [0.15, 0.2) is 0 Å². The summed E-state index contributed by atoms with van der Waals surface area (Å²) >= 11 is 0. The lowest BCUT2D eigenvalue weighted by Gasteiger charge is -2.36. The van der Waals surface area contributed by atoms with Crippen molar-refractivity contribution >= 4 is 23.4 Å². The Morgan fingerprint density at radius 2 is 1.76 bits per heavy atom. The molecule has 3 rings (SSSR count). The zero-order valence-corrected chi connectivity index (χ0v) is 21.6. The second kappa shape index (κ2) is 15.6. The first-order chi connectivity index (χ1) is 18.0. The van der Waals surface area contributed by atoms with E-state index < -0.39 is 12.1 Å². The number of anilines is 2.